The van der Waals surface area contributed by atoms with Crippen molar-refractivity contribution in [2.45, 2.75) is 24.9 Å². The van der Waals surface area contributed by atoms with E-state index in [-0.39, 0.29) is 12.5 Å². The van der Waals surface area contributed by atoms with Crippen LogP contribution >= 0.6 is 23.2 Å². The molecule has 2 N–H and O–H groups in total. The van der Waals surface area contributed by atoms with Crippen LogP contribution in [0.4, 0.5) is 19.0 Å². The molecule has 0 atom stereocenters. The lowest BCUT2D eigenvalue weighted by Crippen LogP contribution is -2.46. The van der Waals surface area contributed by atoms with Gasteiger partial charge in [0.15, 0.2) is 11.5 Å². The molecule has 7 nitrogen and oxygen atoms in total. The molecule has 0 spiro atoms. The molecular weight excluding hydrogens is 468 g/mol. The molecular formula is C20H21Cl2F3N6O. The summed E-state index contributed by atoms with van der Waals surface area (Å²) in [5, 5.41) is 4.03. The number of benzene rings is 1. The fourth-order valence-electron chi connectivity index (χ4n) is 3.91. The van der Waals surface area contributed by atoms with E-state index in [1.807, 2.05) is 0 Å². The molecule has 12 heteroatoms. The summed E-state index contributed by atoms with van der Waals surface area (Å²) in [5.74, 6) is 1.21. The number of nitrogens with zero attached hydrogens (tertiary/aromatic N) is 4. The van der Waals surface area contributed by atoms with Gasteiger partial charge in [-0.05, 0) is 18.1 Å². The number of aromatic nitrogens is 4. The van der Waals surface area contributed by atoms with E-state index in [4.69, 9.17) is 27.9 Å². The molecule has 0 radical (unpaired) electrons. The monoisotopic (exact) mass is 488 g/mol. The Morgan fingerprint density at radius 3 is 2.75 bits per heavy atom. The highest BCUT2D eigenvalue weighted by atomic mass is 35.5. The van der Waals surface area contributed by atoms with E-state index >= 15 is 0 Å². The number of ether oxygens (including phenoxy) is 1. The Morgan fingerprint density at radius 2 is 2.03 bits per heavy atom. The number of H-pyrrole nitrogens is 1. The molecule has 3 aromatic rings. The van der Waals surface area contributed by atoms with Crippen molar-refractivity contribution in [1.82, 2.24) is 24.8 Å². The Balaban J connectivity index is 1.46. The minimum Gasteiger partial charge on any atom is -0.496 e. The average Bonchev–Trinajstić information content (AvgIpc) is 3.19. The van der Waals surface area contributed by atoms with Crippen LogP contribution in [-0.4, -0.2) is 64.3 Å². The predicted molar refractivity (Wildman–Crippen MR) is 117 cm³/mol. The third-order valence-corrected chi connectivity index (χ3v) is 6.28. The van der Waals surface area contributed by atoms with E-state index in [2.05, 4.69) is 25.3 Å². The molecule has 32 heavy (non-hydrogen) atoms. The van der Waals surface area contributed by atoms with E-state index in [0.717, 1.165) is 11.1 Å². The number of anilines is 1. The number of hydrogen-bond donors (Lipinski definition) is 2. The highest BCUT2D eigenvalue weighted by molar-refractivity contribution is 6.42. The summed E-state index contributed by atoms with van der Waals surface area (Å²) in [6.45, 7) is 1.45. The van der Waals surface area contributed by atoms with E-state index in [1.165, 1.54) is 6.33 Å². The summed E-state index contributed by atoms with van der Waals surface area (Å²) < 4.78 is 43.1. The van der Waals surface area contributed by atoms with Gasteiger partial charge in [0.05, 0.1) is 29.9 Å². The summed E-state index contributed by atoms with van der Waals surface area (Å²) in [5.41, 5.74) is 2.88. The minimum atomic E-state index is -4.16. The molecule has 3 heterocycles. The van der Waals surface area contributed by atoms with Gasteiger partial charge in [0.25, 0.3) is 0 Å². The van der Waals surface area contributed by atoms with Gasteiger partial charge in [0, 0.05) is 37.7 Å². The van der Waals surface area contributed by atoms with Crippen LogP contribution in [0.3, 0.4) is 0 Å². The van der Waals surface area contributed by atoms with E-state index in [1.54, 1.807) is 24.4 Å². The number of alkyl halides is 3. The first kappa shape index (κ1) is 22.9. The molecule has 1 aliphatic heterocycles. The third kappa shape index (κ3) is 4.87. The molecule has 0 bridgehead atoms. The maximum absolute atomic E-state index is 12.5. The number of imidazole rings is 1. The Morgan fingerprint density at radius 1 is 1.25 bits per heavy atom. The van der Waals surface area contributed by atoms with Gasteiger partial charge < -0.3 is 19.9 Å². The molecule has 1 aromatic carbocycles. The van der Waals surface area contributed by atoms with Crippen LogP contribution < -0.4 is 10.1 Å². The van der Waals surface area contributed by atoms with Crippen molar-refractivity contribution in [2.75, 3.05) is 38.6 Å². The normalized spacial score (nSPS) is 15.2. The second-order valence-corrected chi connectivity index (χ2v) is 8.39. The Kier molecular flexibility index (Phi) is 6.64. The van der Waals surface area contributed by atoms with Crippen molar-refractivity contribution in [2.24, 2.45) is 0 Å². The Bertz CT molecular complexity index is 1100. The van der Waals surface area contributed by atoms with Crippen molar-refractivity contribution < 1.29 is 17.9 Å². The largest absolute Gasteiger partial charge is 0.496 e. The molecule has 4 rings (SSSR count). The molecule has 1 saturated heterocycles. The van der Waals surface area contributed by atoms with E-state index in [9.17, 15) is 13.2 Å². The lowest BCUT2D eigenvalue weighted by Gasteiger charge is -2.41. The van der Waals surface area contributed by atoms with Crippen molar-refractivity contribution >= 4 is 40.2 Å². The number of methoxy groups -OCH3 is 1. The number of likely N-dealkylation sites (tertiary alicyclic amines) is 1. The zero-order chi connectivity index (χ0) is 22.9. The average molecular weight is 489 g/mol. The van der Waals surface area contributed by atoms with Gasteiger partial charge in [0.1, 0.15) is 17.6 Å². The van der Waals surface area contributed by atoms with Crippen LogP contribution in [0.15, 0.2) is 18.7 Å². The zero-order valence-corrected chi connectivity index (χ0v) is 18.7. The zero-order valence-electron chi connectivity index (χ0n) is 17.1. The van der Waals surface area contributed by atoms with E-state index < -0.39 is 12.6 Å². The summed E-state index contributed by atoms with van der Waals surface area (Å²) in [7, 11) is 1.55. The lowest BCUT2D eigenvalue weighted by molar-refractivity contribution is -0.140. The maximum Gasteiger partial charge on any atom is 0.390 e. The number of fused-ring (bicyclic) bond motifs is 1. The molecule has 0 unspecified atom stereocenters. The van der Waals surface area contributed by atoms with Crippen molar-refractivity contribution in [3.8, 4) is 5.75 Å². The topological polar surface area (TPSA) is 79.0 Å². The maximum atomic E-state index is 12.5. The van der Waals surface area contributed by atoms with Crippen molar-refractivity contribution in [1.29, 1.82) is 0 Å². The fraction of sp³-hybridized carbons (Fsp3) is 0.450. The smallest absolute Gasteiger partial charge is 0.390 e. The molecule has 172 valence electrons. The highest BCUT2D eigenvalue weighted by Crippen LogP contribution is 2.44. The fourth-order valence-corrected chi connectivity index (χ4v) is 4.44. The van der Waals surface area contributed by atoms with Gasteiger partial charge in [-0.2, -0.15) is 13.2 Å². The SMILES string of the molecule is COc1c(CCNc2ncnc3nc[nH]c23)cc(Cl)c(Cl)c1C1CN(CCC(F)(F)F)C1. The first-order chi connectivity index (χ1) is 15.3. The summed E-state index contributed by atoms with van der Waals surface area (Å²) in [6.07, 6.45) is -1.44. The first-order valence-corrected chi connectivity index (χ1v) is 10.7. The second-order valence-electron chi connectivity index (χ2n) is 7.60. The molecule has 2 aromatic heterocycles. The van der Waals surface area contributed by atoms with Crippen LogP contribution in [0.2, 0.25) is 10.0 Å². The van der Waals surface area contributed by atoms with Gasteiger partial charge in [-0.1, -0.05) is 23.2 Å². The van der Waals surface area contributed by atoms with Gasteiger partial charge in [-0.15, -0.1) is 0 Å². The standard InChI is InChI=1S/C20H21Cl2F3N6O/c1-32-17-11(2-4-26-18-16-19(28-9-27-16)30-10-29-18)6-13(21)15(22)14(17)12-7-31(8-12)5-3-20(23,24)25/h6,9-10,12H,2-5,7-8H2,1H3,(H2,26,27,28,29,30). The number of aromatic amines is 1. The van der Waals surface area contributed by atoms with Gasteiger partial charge >= 0.3 is 6.18 Å². The predicted octanol–water partition coefficient (Wildman–Crippen LogP) is 4.67. The van der Waals surface area contributed by atoms with Crippen LogP contribution in [0, 0.1) is 0 Å². The van der Waals surface area contributed by atoms with Crippen molar-refractivity contribution in [3.63, 3.8) is 0 Å². The summed E-state index contributed by atoms with van der Waals surface area (Å²) in [6, 6.07) is 1.76. The number of rotatable bonds is 8. The van der Waals surface area contributed by atoms with Crippen LogP contribution in [0.25, 0.3) is 11.2 Å². The van der Waals surface area contributed by atoms with Crippen molar-refractivity contribution in [3.05, 3.63) is 39.9 Å². The molecule has 1 aliphatic rings. The molecule has 1 fully saturated rings. The summed E-state index contributed by atoms with van der Waals surface area (Å²) >= 11 is 12.9. The molecule has 0 saturated carbocycles. The van der Waals surface area contributed by atoms with Gasteiger partial charge in [-0.25, -0.2) is 15.0 Å². The molecule has 0 aliphatic carbocycles. The molecule has 0 amide bonds. The quantitative estimate of drug-likeness (QED) is 0.479. The van der Waals surface area contributed by atoms with Crippen LogP contribution in [-0.2, 0) is 6.42 Å². The minimum absolute atomic E-state index is 0.0295. The van der Waals surface area contributed by atoms with Gasteiger partial charge in [-0.3, -0.25) is 0 Å². The second kappa shape index (κ2) is 9.29. The Hall–Kier alpha value is -2.30. The summed E-state index contributed by atoms with van der Waals surface area (Å²) in [4.78, 5) is 17.2. The van der Waals surface area contributed by atoms with Gasteiger partial charge in [0.2, 0.25) is 0 Å². The highest BCUT2D eigenvalue weighted by Gasteiger charge is 2.36. The lowest BCUT2D eigenvalue weighted by atomic mass is 9.88. The van der Waals surface area contributed by atoms with Crippen LogP contribution in [0.5, 0.6) is 5.75 Å². The third-order valence-electron chi connectivity index (χ3n) is 5.47. The number of hydrogen-bond acceptors (Lipinski definition) is 6. The Labute approximate surface area is 192 Å². The van der Waals surface area contributed by atoms with E-state index in [0.29, 0.717) is 58.8 Å². The number of halogens is 5. The van der Waals surface area contributed by atoms with Crippen LogP contribution in [0.1, 0.15) is 23.5 Å². The number of nitrogens with one attached hydrogen (secondary N) is 2. The first-order valence-electron chi connectivity index (χ1n) is 9.98.